The van der Waals surface area contributed by atoms with Gasteiger partial charge in [0.1, 0.15) is 18.0 Å². The molecular formula is C20H20F3NO5. The molecule has 29 heavy (non-hydrogen) atoms. The van der Waals surface area contributed by atoms with E-state index in [-0.39, 0.29) is 23.8 Å². The molecule has 4 rings (SSSR count). The predicted octanol–water partition coefficient (Wildman–Crippen LogP) is 3.17. The number of aliphatic hydroxyl groups excluding tert-OH is 1. The molecule has 2 aliphatic rings. The van der Waals surface area contributed by atoms with Crippen LogP contribution < -0.4 is 18.9 Å². The van der Waals surface area contributed by atoms with E-state index in [4.69, 9.17) is 9.47 Å². The second kappa shape index (κ2) is 7.64. The normalized spacial score (nSPS) is 23.1. The van der Waals surface area contributed by atoms with Gasteiger partial charge >= 0.3 is 6.29 Å². The number of hydrogen-bond donors (Lipinski definition) is 1. The third kappa shape index (κ3) is 4.20. The number of nitrogens with zero attached hydrogens (tertiary/aromatic N) is 1. The average Bonchev–Trinajstić information content (AvgIpc) is 3.00. The van der Waals surface area contributed by atoms with Crippen molar-refractivity contribution in [2.24, 2.45) is 0 Å². The monoisotopic (exact) mass is 411 g/mol. The third-order valence-corrected chi connectivity index (χ3v) is 4.91. The van der Waals surface area contributed by atoms with Gasteiger partial charge < -0.3 is 24.1 Å². The molecule has 0 aromatic heterocycles. The van der Waals surface area contributed by atoms with Gasteiger partial charge in [0.15, 0.2) is 23.0 Å². The number of aliphatic hydroxyl groups is 1. The number of hydrogen-bond acceptors (Lipinski definition) is 6. The third-order valence-electron chi connectivity index (χ3n) is 4.91. The predicted molar refractivity (Wildman–Crippen MR) is 95.9 cm³/mol. The fourth-order valence-electron chi connectivity index (χ4n) is 3.55. The molecule has 0 amide bonds. The lowest BCUT2D eigenvalue weighted by atomic mass is 10.0. The van der Waals surface area contributed by atoms with Crippen molar-refractivity contribution in [3.8, 4) is 23.0 Å². The molecule has 156 valence electrons. The van der Waals surface area contributed by atoms with Gasteiger partial charge in [-0.3, -0.25) is 4.90 Å². The van der Waals surface area contributed by atoms with Crippen LogP contribution in [0.15, 0.2) is 36.4 Å². The van der Waals surface area contributed by atoms with Crippen molar-refractivity contribution in [2.75, 3.05) is 20.2 Å². The maximum Gasteiger partial charge on any atom is 0.586 e. The van der Waals surface area contributed by atoms with Crippen molar-refractivity contribution in [2.45, 2.75) is 31.5 Å². The van der Waals surface area contributed by atoms with Gasteiger partial charge in [0, 0.05) is 31.3 Å². The summed E-state index contributed by atoms with van der Waals surface area (Å²) in [5.41, 5.74) is 0.548. The molecule has 0 spiro atoms. The van der Waals surface area contributed by atoms with Crippen LogP contribution in [0.5, 0.6) is 23.0 Å². The Bertz CT molecular complexity index is 894. The van der Waals surface area contributed by atoms with Gasteiger partial charge in [-0.15, -0.1) is 8.78 Å². The molecule has 1 fully saturated rings. The van der Waals surface area contributed by atoms with E-state index < -0.39 is 24.3 Å². The molecular weight excluding hydrogens is 391 g/mol. The quantitative estimate of drug-likeness (QED) is 0.816. The molecule has 2 atom stereocenters. The van der Waals surface area contributed by atoms with Gasteiger partial charge in [-0.05, 0) is 24.6 Å². The zero-order chi connectivity index (χ0) is 20.6. The highest BCUT2D eigenvalue weighted by Gasteiger charge is 2.44. The number of ether oxygens (including phenoxy) is 4. The molecule has 2 heterocycles. The van der Waals surface area contributed by atoms with E-state index in [1.54, 1.807) is 12.1 Å². The first-order valence-corrected chi connectivity index (χ1v) is 9.13. The van der Waals surface area contributed by atoms with E-state index in [2.05, 4.69) is 9.47 Å². The topological polar surface area (TPSA) is 60.4 Å². The number of halogens is 3. The Labute approximate surface area is 165 Å². The lowest BCUT2D eigenvalue weighted by Gasteiger charge is -2.36. The molecule has 6 nitrogen and oxygen atoms in total. The summed E-state index contributed by atoms with van der Waals surface area (Å²) in [6.07, 6.45) is -4.51. The molecule has 0 unspecified atom stereocenters. The van der Waals surface area contributed by atoms with E-state index in [0.29, 0.717) is 30.8 Å². The Morgan fingerprint density at radius 1 is 1.21 bits per heavy atom. The summed E-state index contributed by atoms with van der Waals surface area (Å²) < 4.78 is 60.1. The van der Waals surface area contributed by atoms with Crippen LogP contribution in [0.4, 0.5) is 13.2 Å². The highest BCUT2D eigenvalue weighted by Crippen LogP contribution is 2.43. The van der Waals surface area contributed by atoms with Crippen LogP contribution in [-0.2, 0) is 6.54 Å². The molecule has 0 bridgehead atoms. The molecule has 1 saturated heterocycles. The van der Waals surface area contributed by atoms with E-state index in [1.165, 1.54) is 31.4 Å². The van der Waals surface area contributed by atoms with Crippen molar-refractivity contribution in [1.82, 2.24) is 4.90 Å². The summed E-state index contributed by atoms with van der Waals surface area (Å²) in [7, 11) is 1.41. The molecule has 2 aromatic rings. The summed E-state index contributed by atoms with van der Waals surface area (Å²) in [5, 5.41) is 10.5. The Balaban J connectivity index is 1.40. The van der Waals surface area contributed by atoms with Gasteiger partial charge in [0.05, 0.1) is 7.11 Å². The number of likely N-dealkylation sites (tertiary alicyclic amines) is 1. The average molecular weight is 411 g/mol. The molecule has 0 radical (unpaired) electrons. The van der Waals surface area contributed by atoms with Crippen molar-refractivity contribution >= 4 is 0 Å². The highest BCUT2D eigenvalue weighted by atomic mass is 19.3. The van der Waals surface area contributed by atoms with Crippen LogP contribution >= 0.6 is 0 Å². The maximum atomic E-state index is 13.4. The number of piperidine rings is 1. The number of benzene rings is 2. The fraction of sp³-hybridized carbons (Fsp3) is 0.400. The van der Waals surface area contributed by atoms with Gasteiger partial charge in [-0.25, -0.2) is 4.39 Å². The van der Waals surface area contributed by atoms with Crippen molar-refractivity contribution in [1.29, 1.82) is 0 Å². The first kappa shape index (κ1) is 19.7. The van der Waals surface area contributed by atoms with Gasteiger partial charge in [0.2, 0.25) is 0 Å². The zero-order valence-electron chi connectivity index (χ0n) is 15.6. The molecule has 9 heteroatoms. The molecule has 2 aliphatic heterocycles. The van der Waals surface area contributed by atoms with E-state index in [1.807, 2.05) is 4.90 Å². The summed E-state index contributed by atoms with van der Waals surface area (Å²) >= 11 is 0. The second-order valence-corrected chi connectivity index (χ2v) is 6.95. The summed E-state index contributed by atoms with van der Waals surface area (Å²) in [4.78, 5) is 1.92. The number of para-hydroxylation sites is 1. The SMILES string of the molecule is COc1cc(F)ccc1O[C@@H]1CCN(Cc2cccc3c2OC(F)(F)O3)C[C@H]1O. The minimum absolute atomic E-state index is 0.00493. The van der Waals surface area contributed by atoms with Crippen LogP contribution in [0.1, 0.15) is 12.0 Å². The Morgan fingerprint density at radius 2 is 2.03 bits per heavy atom. The number of rotatable bonds is 5. The van der Waals surface area contributed by atoms with Crippen LogP contribution in [0.25, 0.3) is 0 Å². The Hall–Kier alpha value is -2.65. The second-order valence-electron chi connectivity index (χ2n) is 6.95. The lowest BCUT2D eigenvalue weighted by molar-refractivity contribution is -0.287. The largest absolute Gasteiger partial charge is 0.586 e. The van der Waals surface area contributed by atoms with Crippen molar-refractivity contribution in [3.05, 3.63) is 47.8 Å². The first-order valence-electron chi connectivity index (χ1n) is 9.13. The van der Waals surface area contributed by atoms with E-state index >= 15 is 0 Å². The van der Waals surface area contributed by atoms with Crippen molar-refractivity contribution < 1.29 is 37.2 Å². The number of alkyl halides is 2. The first-order chi connectivity index (χ1) is 13.8. The molecule has 0 aliphatic carbocycles. The minimum atomic E-state index is -3.67. The standard InChI is InChI=1S/C20H20F3NO5/c1-26-18-9-13(21)5-6-16(18)27-15-7-8-24(11-14(15)25)10-12-3-2-4-17-19(12)29-20(22,23)28-17/h2-6,9,14-15,25H,7-8,10-11H2,1H3/t14-,15-/m1/s1. The molecule has 2 aromatic carbocycles. The summed E-state index contributed by atoms with van der Waals surface area (Å²) in [6, 6.07) is 8.65. The smallest absolute Gasteiger partial charge is 0.493 e. The van der Waals surface area contributed by atoms with Crippen LogP contribution in [-0.4, -0.2) is 48.7 Å². The van der Waals surface area contributed by atoms with E-state index in [9.17, 15) is 18.3 Å². The highest BCUT2D eigenvalue weighted by molar-refractivity contribution is 5.48. The van der Waals surface area contributed by atoms with Gasteiger partial charge in [-0.1, -0.05) is 12.1 Å². The van der Waals surface area contributed by atoms with Crippen LogP contribution in [0.3, 0.4) is 0 Å². The minimum Gasteiger partial charge on any atom is -0.493 e. The fourth-order valence-corrected chi connectivity index (χ4v) is 3.55. The number of fused-ring (bicyclic) bond motifs is 1. The number of β-amino-alcohol motifs (C(OH)–C–C–N with tert-alkyl or cyclic N) is 1. The number of methoxy groups -OCH3 is 1. The van der Waals surface area contributed by atoms with Gasteiger partial charge in [0.25, 0.3) is 0 Å². The molecule has 0 saturated carbocycles. The Morgan fingerprint density at radius 3 is 2.79 bits per heavy atom. The maximum absolute atomic E-state index is 13.4. The summed E-state index contributed by atoms with van der Waals surface area (Å²) in [6.45, 7) is 1.15. The Kier molecular flexibility index (Phi) is 5.18. The van der Waals surface area contributed by atoms with E-state index in [0.717, 1.165) is 0 Å². The lowest BCUT2D eigenvalue weighted by Crippen LogP contribution is -2.48. The summed E-state index contributed by atoms with van der Waals surface area (Å²) in [5.74, 6) is 0.158. The zero-order valence-corrected chi connectivity index (χ0v) is 15.6. The van der Waals surface area contributed by atoms with Crippen LogP contribution in [0, 0.1) is 5.82 Å². The van der Waals surface area contributed by atoms with Crippen molar-refractivity contribution in [3.63, 3.8) is 0 Å². The van der Waals surface area contributed by atoms with Gasteiger partial charge in [-0.2, -0.15) is 0 Å². The van der Waals surface area contributed by atoms with Crippen LogP contribution in [0.2, 0.25) is 0 Å². The molecule has 1 N–H and O–H groups in total.